The van der Waals surface area contributed by atoms with Crippen LogP contribution >= 0.6 is 0 Å². The zero-order valence-corrected chi connectivity index (χ0v) is 11.3. The van der Waals surface area contributed by atoms with Crippen molar-refractivity contribution in [2.75, 3.05) is 6.54 Å². The summed E-state index contributed by atoms with van der Waals surface area (Å²) in [6.45, 7) is 0.613. The fourth-order valence-corrected chi connectivity index (χ4v) is 2.10. The maximum absolute atomic E-state index is 13.6. The number of hydrogen-bond acceptors (Lipinski definition) is 3. The molecule has 1 aromatic carbocycles. The van der Waals surface area contributed by atoms with E-state index in [1.54, 1.807) is 0 Å². The van der Waals surface area contributed by atoms with Gasteiger partial charge in [0, 0.05) is 5.92 Å². The SMILES string of the molecule is CC(O)(CNC(=O)C1CC1c1cccc(F)c1F)C(=O)O. The number of carboxylic acid groups (broad SMARTS) is 1. The minimum Gasteiger partial charge on any atom is -0.479 e. The van der Waals surface area contributed by atoms with E-state index in [1.807, 2.05) is 0 Å². The number of aliphatic hydroxyl groups is 1. The van der Waals surface area contributed by atoms with Gasteiger partial charge in [-0.05, 0) is 30.9 Å². The van der Waals surface area contributed by atoms with E-state index in [4.69, 9.17) is 5.11 Å². The van der Waals surface area contributed by atoms with Gasteiger partial charge in [0.15, 0.2) is 17.2 Å². The molecule has 1 aliphatic rings. The van der Waals surface area contributed by atoms with Gasteiger partial charge in [0.25, 0.3) is 0 Å². The lowest BCUT2D eigenvalue weighted by Gasteiger charge is -2.18. The van der Waals surface area contributed by atoms with Crippen LogP contribution < -0.4 is 5.32 Å². The van der Waals surface area contributed by atoms with Crippen LogP contribution in [-0.2, 0) is 9.59 Å². The third kappa shape index (κ3) is 3.18. The molecule has 0 aliphatic heterocycles. The maximum atomic E-state index is 13.6. The lowest BCUT2D eigenvalue weighted by atomic mass is 10.1. The Morgan fingerprint density at radius 1 is 1.43 bits per heavy atom. The van der Waals surface area contributed by atoms with Crippen molar-refractivity contribution in [3.63, 3.8) is 0 Å². The van der Waals surface area contributed by atoms with Crippen LogP contribution in [-0.4, -0.2) is 34.2 Å². The largest absolute Gasteiger partial charge is 0.479 e. The van der Waals surface area contributed by atoms with E-state index < -0.39 is 47.5 Å². The molecule has 7 heteroatoms. The Balaban J connectivity index is 1.96. The predicted molar refractivity (Wildman–Crippen MR) is 68.5 cm³/mol. The van der Waals surface area contributed by atoms with Crippen LogP contribution in [0.25, 0.3) is 0 Å². The number of carbonyl (C=O) groups excluding carboxylic acids is 1. The van der Waals surface area contributed by atoms with E-state index in [0.717, 1.165) is 13.0 Å². The standard InChI is InChI=1S/C14H15F2NO4/c1-14(21,13(19)20)6-17-12(18)9-5-8(9)7-3-2-4-10(15)11(7)16/h2-4,8-9,21H,5-6H2,1H3,(H,17,18)(H,19,20). The van der Waals surface area contributed by atoms with Gasteiger partial charge in [0.05, 0.1) is 6.54 Å². The summed E-state index contributed by atoms with van der Waals surface area (Å²) in [7, 11) is 0. The van der Waals surface area contributed by atoms with Gasteiger partial charge in [-0.15, -0.1) is 0 Å². The topological polar surface area (TPSA) is 86.6 Å². The van der Waals surface area contributed by atoms with E-state index >= 15 is 0 Å². The third-order valence-corrected chi connectivity index (χ3v) is 3.58. The van der Waals surface area contributed by atoms with Crippen molar-refractivity contribution in [3.05, 3.63) is 35.4 Å². The first-order valence-electron chi connectivity index (χ1n) is 6.41. The molecule has 3 unspecified atom stereocenters. The number of halogens is 2. The van der Waals surface area contributed by atoms with Crippen LogP contribution in [0, 0.1) is 17.6 Å². The molecule has 5 nitrogen and oxygen atoms in total. The molecule has 1 aromatic rings. The number of carbonyl (C=O) groups is 2. The number of nitrogens with one attached hydrogen (secondary N) is 1. The summed E-state index contributed by atoms with van der Waals surface area (Å²) in [5.74, 6) is -4.82. The average molecular weight is 299 g/mol. The number of rotatable bonds is 5. The van der Waals surface area contributed by atoms with Gasteiger partial charge in [-0.25, -0.2) is 13.6 Å². The molecule has 0 bridgehead atoms. The van der Waals surface area contributed by atoms with E-state index in [2.05, 4.69) is 5.32 Å². The first-order chi connectivity index (χ1) is 9.74. The van der Waals surface area contributed by atoms with E-state index in [9.17, 15) is 23.5 Å². The lowest BCUT2D eigenvalue weighted by molar-refractivity contribution is -0.156. The summed E-state index contributed by atoms with van der Waals surface area (Å²) in [6.07, 6.45) is 0.363. The number of hydrogen-bond donors (Lipinski definition) is 3. The van der Waals surface area contributed by atoms with Gasteiger partial charge in [-0.1, -0.05) is 12.1 Å². The smallest absolute Gasteiger partial charge is 0.337 e. The summed E-state index contributed by atoms with van der Waals surface area (Å²) in [5, 5.41) is 20.5. The number of aliphatic carboxylic acids is 1. The van der Waals surface area contributed by atoms with Crippen molar-refractivity contribution in [3.8, 4) is 0 Å². The van der Waals surface area contributed by atoms with Crippen LogP contribution in [0.3, 0.4) is 0 Å². The molecular weight excluding hydrogens is 284 g/mol. The molecule has 0 heterocycles. The second-order valence-corrected chi connectivity index (χ2v) is 5.39. The Hall–Kier alpha value is -2.02. The maximum Gasteiger partial charge on any atom is 0.337 e. The second-order valence-electron chi connectivity index (χ2n) is 5.39. The van der Waals surface area contributed by atoms with E-state index in [-0.39, 0.29) is 5.56 Å². The molecule has 3 atom stereocenters. The Labute approximate surface area is 119 Å². The molecule has 0 saturated heterocycles. The van der Waals surface area contributed by atoms with Crippen molar-refractivity contribution < 1.29 is 28.6 Å². The highest BCUT2D eigenvalue weighted by Gasteiger charge is 2.46. The first kappa shape index (κ1) is 15.4. The van der Waals surface area contributed by atoms with Gasteiger partial charge in [-0.3, -0.25) is 4.79 Å². The summed E-state index contributed by atoms with van der Waals surface area (Å²) < 4.78 is 26.7. The Morgan fingerprint density at radius 2 is 2.10 bits per heavy atom. The molecule has 0 aromatic heterocycles. The zero-order chi connectivity index (χ0) is 15.8. The van der Waals surface area contributed by atoms with Crippen LogP contribution in [0.4, 0.5) is 8.78 Å². The van der Waals surface area contributed by atoms with Crippen LogP contribution in [0.2, 0.25) is 0 Å². The second kappa shape index (κ2) is 5.40. The quantitative estimate of drug-likeness (QED) is 0.757. The lowest BCUT2D eigenvalue weighted by Crippen LogP contribution is -2.47. The Morgan fingerprint density at radius 3 is 2.71 bits per heavy atom. The molecule has 1 amide bonds. The molecule has 1 aliphatic carbocycles. The third-order valence-electron chi connectivity index (χ3n) is 3.58. The molecule has 3 N–H and O–H groups in total. The molecule has 2 rings (SSSR count). The highest BCUT2D eigenvalue weighted by atomic mass is 19.2. The van der Waals surface area contributed by atoms with Crippen LogP contribution in [0.15, 0.2) is 18.2 Å². The highest BCUT2D eigenvalue weighted by molar-refractivity contribution is 5.84. The van der Waals surface area contributed by atoms with Crippen molar-refractivity contribution in [2.24, 2.45) is 5.92 Å². The van der Waals surface area contributed by atoms with Gasteiger partial charge >= 0.3 is 5.97 Å². The molecule has 114 valence electrons. The van der Waals surface area contributed by atoms with Crippen molar-refractivity contribution in [1.82, 2.24) is 5.32 Å². The molecule has 21 heavy (non-hydrogen) atoms. The van der Waals surface area contributed by atoms with Crippen LogP contribution in [0.1, 0.15) is 24.8 Å². The number of benzene rings is 1. The Bertz CT molecular complexity index is 588. The summed E-state index contributed by atoms with van der Waals surface area (Å²) >= 11 is 0. The highest BCUT2D eigenvalue weighted by Crippen LogP contribution is 2.48. The van der Waals surface area contributed by atoms with Crippen molar-refractivity contribution in [2.45, 2.75) is 24.9 Å². The molecule has 1 saturated carbocycles. The number of amides is 1. The first-order valence-corrected chi connectivity index (χ1v) is 6.41. The summed E-state index contributed by atoms with van der Waals surface area (Å²) in [6, 6.07) is 3.79. The average Bonchev–Trinajstić information content (AvgIpc) is 3.19. The summed E-state index contributed by atoms with van der Waals surface area (Å²) in [4.78, 5) is 22.5. The van der Waals surface area contributed by atoms with Crippen LogP contribution in [0.5, 0.6) is 0 Å². The minimum absolute atomic E-state index is 0.139. The normalized spacial score (nSPS) is 23.2. The van der Waals surface area contributed by atoms with E-state index in [0.29, 0.717) is 6.42 Å². The van der Waals surface area contributed by atoms with Crippen molar-refractivity contribution >= 4 is 11.9 Å². The molecule has 1 fully saturated rings. The molecule has 0 spiro atoms. The fourth-order valence-electron chi connectivity index (χ4n) is 2.10. The number of carboxylic acids is 1. The molecular formula is C14H15F2NO4. The Kier molecular flexibility index (Phi) is 3.95. The van der Waals surface area contributed by atoms with Gasteiger partial charge < -0.3 is 15.5 Å². The van der Waals surface area contributed by atoms with Gasteiger partial charge in [0.2, 0.25) is 5.91 Å². The summed E-state index contributed by atoms with van der Waals surface area (Å²) in [5.41, 5.74) is -1.93. The zero-order valence-electron chi connectivity index (χ0n) is 11.3. The van der Waals surface area contributed by atoms with Crippen molar-refractivity contribution in [1.29, 1.82) is 0 Å². The molecule has 0 radical (unpaired) electrons. The predicted octanol–water partition coefficient (Wildman–Crippen LogP) is 1.02. The van der Waals surface area contributed by atoms with E-state index in [1.165, 1.54) is 12.1 Å². The monoisotopic (exact) mass is 299 g/mol. The van der Waals surface area contributed by atoms with Gasteiger partial charge in [-0.2, -0.15) is 0 Å². The van der Waals surface area contributed by atoms with Gasteiger partial charge in [0.1, 0.15) is 0 Å². The fraction of sp³-hybridized carbons (Fsp3) is 0.429. The minimum atomic E-state index is -2.07.